The molecule has 1 heterocycles. The lowest BCUT2D eigenvalue weighted by molar-refractivity contribution is -0.123. The molecule has 3 aromatic rings. The summed E-state index contributed by atoms with van der Waals surface area (Å²) in [6, 6.07) is 14.6. The first-order valence-electron chi connectivity index (χ1n) is 8.02. The second kappa shape index (κ2) is 6.81. The Balaban J connectivity index is 1.69. The van der Waals surface area contributed by atoms with Crippen LogP contribution in [0.2, 0.25) is 0 Å². The molecule has 0 aliphatic carbocycles. The minimum Gasteiger partial charge on any atom is -0.449 e. The zero-order valence-electron chi connectivity index (χ0n) is 14.3. The number of furan rings is 1. The number of hydrogen-bond acceptors (Lipinski definition) is 4. The normalized spacial score (nSPS) is 12.0. The molecule has 5 heteroatoms. The average molecular weight is 337 g/mol. The molecule has 0 spiro atoms. The number of aryl methyl sites for hydroxylation is 2. The lowest BCUT2D eigenvalue weighted by atomic mass is 10.1. The molecule has 1 amide bonds. The fourth-order valence-electron chi connectivity index (χ4n) is 2.59. The number of ether oxygens (including phenoxy) is 1. The van der Waals surface area contributed by atoms with E-state index in [-0.39, 0.29) is 11.7 Å². The fourth-order valence-corrected chi connectivity index (χ4v) is 2.59. The molecule has 0 aliphatic rings. The second-order valence-corrected chi connectivity index (χ2v) is 5.95. The van der Waals surface area contributed by atoms with Gasteiger partial charge in [-0.15, -0.1) is 0 Å². The monoisotopic (exact) mass is 337 g/mol. The van der Waals surface area contributed by atoms with Gasteiger partial charge in [-0.1, -0.05) is 36.4 Å². The van der Waals surface area contributed by atoms with Gasteiger partial charge in [-0.25, -0.2) is 4.79 Å². The molecule has 1 N–H and O–H groups in total. The molecule has 0 saturated carbocycles. The summed E-state index contributed by atoms with van der Waals surface area (Å²) in [6.07, 6.45) is -0.945. The molecular weight excluding hydrogens is 318 g/mol. The molecule has 0 fully saturated rings. The first kappa shape index (κ1) is 16.8. The van der Waals surface area contributed by atoms with E-state index in [4.69, 9.17) is 9.15 Å². The third kappa shape index (κ3) is 3.55. The summed E-state index contributed by atoms with van der Waals surface area (Å²) in [5.74, 6) is -0.977. The molecule has 0 bridgehead atoms. The highest BCUT2D eigenvalue weighted by Gasteiger charge is 2.22. The minimum absolute atomic E-state index is 0.0768. The molecule has 1 aromatic heterocycles. The Bertz CT molecular complexity index is 889. The van der Waals surface area contributed by atoms with E-state index in [0.717, 1.165) is 22.2 Å². The number of nitrogens with one attached hydrogen (secondary N) is 1. The van der Waals surface area contributed by atoms with Crippen LogP contribution in [0.5, 0.6) is 0 Å². The van der Waals surface area contributed by atoms with Crippen molar-refractivity contribution in [1.82, 2.24) is 0 Å². The number of fused-ring (bicyclic) bond motifs is 1. The van der Waals surface area contributed by atoms with E-state index < -0.39 is 12.1 Å². The number of amides is 1. The Hall–Kier alpha value is -3.08. The minimum atomic E-state index is -0.945. The number of hydrogen-bond donors (Lipinski definition) is 1. The summed E-state index contributed by atoms with van der Waals surface area (Å²) in [5.41, 5.74) is 3.23. The summed E-state index contributed by atoms with van der Waals surface area (Å²) in [7, 11) is 0. The van der Waals surface area contributed by atoms with Crippen molar-refractivity contribution in [2.24, 2.45) is 0 Å². The zero-order chi connectivity index (χ0) is 18.0. The lowest BCUT2D eigenvalue weighted by Crippen LogP contribution is -2.30. The number of rotatable bonds is 4. The van der Waals surface area contributed by atoms with E-state index in [1.807, 2.05) is 50.2 Å². The van der Waals surface area contributed by atoms with Crippen molar-refractivity contribution in [2.45, 2.75) is 26.9 Å². The molecular formula is C20H19NO4. The van der Waals surface area contributed by atoms with Gasteiger partial charge >= 0.3 is 5.97 Å². The summed E-state index contributed by atoms with van der Waals surface area (Å²) in [4.78, 5) is 24.6. The van der Waals surface area contributed by atoms with Crippen LogP contribution in [0, 0.1) is 13.8 Å². The summed E-state index contributed by atoms with van der Waals surface area (Å²) in [5, 5.41) is 3.62. The lowest BCUT2D eigenvalue weighted by Gasteiger charge is -2.15. The Morgan fingerprint density at radius 2 is 1.72 bits per heavy atom. The van der Waals surface area contributed by atoms with E-state index in [1.54, 1.807) is 12.1 Å². The predicted octanol–water partition coefficient (Wildman–Crippen LogP) is 4.23. The van der Waals surface area contributed by atoms with Crippen molar-refractivity contribution in [1.29, 1.82) is 0 Å². The third-order valence-electron chi connectivity index (χ3n) is 4.01. The zero-order valence-corrected chi connectivity index (χ0v) is 14.3. The van der Waals surface area contributed by atoms with Gasteiger partial charge in [0.2, 0.25) is 5.76 Å². The standard InChI is InChI=1S/C20H19NO4/c1-12-7-6-8-13(2)18(12)21-19(22)14(3)24-20(23)17-11-15-9-4-5-10-16(15)25-17/h4-11,14H,1-3H3,(H,21,22)/t14-/m0/s1. The number of benzene rings is 2. The van der Waals surface area contributed by atoms with Gasteiger partial charge in [0.15, 0.2) is 6.10 Å². The van der Waals surface area contributed by atoms with Crippen LogP contribution in [0.3, 0.4) is 0 Å². The number of carbonyl (C=O) groups excluding carboxylic acids is 2. The number of anilines is 1. The average Bonchev–Trinajstić information content (AvgIpc) is 3.02. The number of para-hydroxylation sites is 2. The van der Waals surface area contributed by atoms with Crippen LogP contribution in [0.15, 0.2) is 52.9 Å². The van der Waals surface area contributed by atoms with Crippen LogP contribution in [0.25, 0.3) is 11.0 Å². The Kier molecular flexibility index (Phi) is 4.57. The van der Waals surface area contributed by atoms with Gasteiger partial charge in [-0.05, 0) is 44.0 Å². The van der Waals surface area contributed by atoms with Crippen LogP contribution in [-0.2, 0) is 9.53 Å². The van der Waals surface area contributed by atoms with Crippen LogP contribution in [0.4, 0.5) is 5.69 Å². The van der Waals surface area contributed by atoms with Crippen LogP contribution >= 0.6 is 0 Å². The molecule has 0 radical (unpaired) electrons. The molecule has 128 valence electrons. The maximum atomic E-state index is 12.3. The second-order valence-electron chi connectivity index (χ2n) is 5.95. The van der Waals surface area contributed by atoms with Crippen LogP contribution in [0.1, 0.15) is 28.6 Å². The molecule has 5 nitrogen and oxygen atoms in total. The van der Waals surface area contributed by atoms with Gasteiger partial charge in [-0.2, -0.15) is 0 Å². The van der Waals surface area contributed by atoms with Crippen LogP contribution in [-0.4, -0.2) is 18.0 Å². The topological polar surface area (TPSA) is 68.5 Å². The predicted molar refractivity (Wildman–Crippen MR) is 95.6 cm³/mol. The molecule has 0 saturated heterocycles. The van der Waals surface area contributed by atoms with Gasteiger partial charge in [0, 0.05) is 11.1 Å². The Labute approximate surface area is 145 Å². The highest BCUT2D eigenvalue weighted by Crippen LogP contribution is 2.21. The van der Waals surface area contributed by atoms with Crippen LogP contribution < -0.4 is 5.32 Å². The Morgan fingerprint density at radius 3 is 2.40 bits per heavy atom. The first-order chi connectivity index (χ1) is 12.0. The highest BCUT2D eigenvalue weighted by molar-refractivity contribution is 5.98. The highest BCUT2D eigenvalue weighted by atomic mass is 16.6. The van der Waals surface area contributed by atoms with Gasteiger partial charge in [0.25, 0.3) is 5.91 Å². The fraction of sp³-hybridized carbons (Fsp3) is 0.200. The van der Waals surface area contributed by atoms with E-state index in [0.29, 0.717) is 5.58 Å². The molecule has 3 rings (SSSR count). The van der Waals surface area contributed by atoms with Crippen molar-refractivity contribution < 1.29 is 18.7 Å². The van der Waals surface area contributed by atoms with Gasteiger partial charge < -0.3 is 14.5 Å². The van der Waals surface area contributed by atoms with Gasteiger partial charge in [-0.3, -0.25) is 4.79 Å². The molecule has 1 atom stereocenters. The maximum Gasteiger partial charge on any atom is 0.375 e. The van der Waals surface area contributed by atoms with Crippen molar-refractivity contribution in [3.63, 3.8) is 0 Å². The third-order valence-corrected chi connectivity index (χ3v) is 4.01. The summed E-state index contributed by atoms with van der Waals surface area (Å²) < 4.78 is 10.7. The molecule has 25 heavy (non-hydrogen) atoms. The van der Waals surface area contributed by atoms with E-state index in [9.17, 15) is 9.59 Å². The van der Waals surface area contributed by atoms with Crippen molar-refractivity contribution >= 4 is 28.5 Å². The quantitative estimate of drug-likeness (QED) is 0.723. The largest absolute Gasteiger partial charge is 0.449 e. The van der Waals surface area contributed by atoms with Crippen molar-refractivity contribution in [2.75, 3.05) is 5.32 Å². The number of carbonyl (C=O) groups is 2. The first-order valence-corrected chi connectivity index (χ1v) is 8.02. The molecule has 2 aromatic carbocycles. The SMILES string of the molecule is Cc1cccc(C)c1NC(=O)[C@H](C)OC(=O)c1cc2ccccc2o1. The van der Waals surface area contributed by atoms with Gasteiger partial charge in [0.1, 0.15) is 5.58 Å². The van der Waals surface area contributed by atoms with E-state index in [1.165, 1.54) is 6.92 Å². The van der Waals surface area contributed by atoms with Gasteiger partial charge in [0.05, 0.1) is 0 Å². The summed E-state index contributed by atoms with van der Waals surface area (Å²) >= 11 is 0. The number of esters is 1. The molecule has 0 aliphatic heterocycles. The smallest absolute Gasteiger partial charge is 0.375 e. The van der Waals surface area contributed by atoms with E-state index in [2.05, 4.69) is 5.32 Å². The van der Waals surface area contributed by atoms with E-state index >= 15 is 0 Å². The Morgan fingerprint density at radius 1 is 1.04 bits per heavy atom. The maximum absolute atomic E-state index is 12.3. The van der Waals surface area contributed by atoms with Crippen molar-refractivity contribution in [3.8, 4) is 0 Å². The summed E-state index contributed by atoms with van der Waals surface area (Å²) in [6.45, 7) is 5.35. The molecule has 0 unspecified atom stereocenters. The van der Waals surface area contributed by atoms with Crippen molar-refractivity contribution in [3.05, 3.63) is 65.4 Å².